The number of hydrogen-bond acceptors (Lipinski definition) is 3. The normalized spacial score (nSPS) is 17.9. The highest BCUT2D eigenvalue weighted by molar-refractivity contribution is 5.73. The van der Waals surface area contributed by atoms with E-state index in [1.165, 1.54) is 0 Å². The van der Waals surface area contributed by atoms with Gasteiger partial charge in [0.1, 0.15) is 0 Å². The van der Waals surface area contributed by atoms with Gasteiger partial charge in [0, 0.05) is 32.7 Å². The predicted molar refractivity (Wildman–Crippen MR) is 60.5 cm³/mol. The van der Waals surface area contributed by atoms with Gasteiger partial charge in [-0.3, -0.25) is 5.43 Å². The number of hydrogen-bond donors (Lipinski definition) is 2. The Morgan fingerprint density at radius 1 is 1.27 bits per heavy atom. The fourth-order valence-electron chi connectivity index (χ4n) is 1.49. The lowest BCUT2D eigenvalue weighted by Gasteiger charge is -2.32. The largest absolute Gasteiger partial charge is 0.331 e. The molecule has 15 heavy (non-hydrogen) atoms. The van der Waals surface area contributed by atoms with Crippen LogP contribution >= 0.6 is 0 Å². The summed E-state index contributed by atoms with van der Waals surface area (Å²) in [6.07, 6.45) is 2.22. The van der Waals surface area contributed by atoms with Crippen molar-refractivity contribution in [2.45, 2.75) is 19.8 Å². The molecule has 1 aliphatic rings. The van der Waals surface area contributed by atoms with Crippen LogP contribution in [0.15, 0.2) is 0 Å². The molecule has 1 saturated heterocycles. The van der Waals surface area contributed by atoms with Gasteiger partial charge in [-0.25, -0.2) is 10.2 Å². The second-order valence-electron chi connectivity index (χ2n) is 4.00. The molecule has 5 heteroatoms. The van der Waals surface area contributed by atoms with Crippen LogP contribution in [0.4, 0.5) is 4.79 Å². The summed E-state index contributed by atoms with van der Waals surface area (Å²) in [5.74, 6) is 0. The minimum atomic E-state index is -0.000738. The smallest absolute Gasteiger partial charge is 0.321 e. The van der Waals surface area contributed by atoms with Gasteiger partial charge in [-0.2, -0.15) is 0 Å². The molecule has 0 atom stereocenters. The number of nitrogens with one attached hydrogen (secondary N) is 2. The maximum absolute atomic E-state index is 11.6. The summed E-state index contributed by atoms with van der Waals surface area (Å²) in [4.78, 5) is 15.7. The van der Waals surface area contributed by atoms with Gasteiger partial charge in [0.2, 0.25) is 0 Å². The van der Waals surface area contributed by atoms with Crippen molar-refractivity contribution in [1.82, 2.24) is 20.7 Å². The first-order valence-electron chi connectivity index (χ1n) is 5.70. The van der Waals surface area contributed by atoms with Gasteiger partial charge < -0.3 is 9.80 Å². The molecule has 0 radical (unpaired) electrons. The Balaban J connectivity index is 2.11. The number of amides is 2. The van der Waals surface area contributed by atoms with Crippen LogP contribution in [-0.2, 0) is 0 Å². The molecule has 0 aromatic rings. The molecule has 5 nitrogen and oxygen atoms in total. The van der Waals surface area contributed by atoms with Gasteiger partial charge in [0.25, 0.3) is 0 Å². The molecule has 0 bridgehead atoms. The molecular formula is C10H22N4O. The Kier molecular flexibility index (Phi) is 5.42. The molecule has 88 valence electrons. The first kappa shape index (κ1) is 12.3. The zero-order chi connectivity index (χ0) is 11.1. The first-order chi connectivity index (χ1) is 7.24. The number of hydrazine groups is 1. The SMILES string of the molecule is CCCCNNC(=O)N1CCN(C)CC1. The number of likely N-dealkylation sites (N-methyl/N-ethyl adjacent to an activating group) is 1. The lowest BCUT2D eigenvalue weighted by molar-refractivity contribution is 0.151. The third-order valence-corrected chi connectivity index (χ3v) is 2.64. The van der Waals surface area contributed by atoms with Crippen molar-refractivity contribution < 1.29 is 4.79 Å². The van der Waals surface area contributed by atoms with Crippen molar-refractivity contribution in [3.05, 3.63) is 0 Å². The van der Waals surface area contributed by atoms with E-state index in [0.29, 0.717) is 0 Å². The summed E-state index contributed by atoms with van der Waals surface area (Å²) < 4.78 is 0. The van der Waals surface area contributed by atoms with E-state index in [-0.39, 0.29) is 6.03 Å². The van der Waals surface area contributed by atoms with Crippen molar-refractivity contribution >= 4 is 6.03 Å². The molecule has 0 aromatic carbocycles. The van der Waals surface area contributed by atoms with Crippen LogP contribution in [0.2, 0.25) is 0 Å². The van der Waals surface area contributed by atoms with Crippen molar-refractivity contribution in [2.75, 3.05) is 39.8 Å². The van der Waals surface area contributed by atoms with Gasteiger partial charge in [0.15, 0.2) is 0 Å². The highest BCUT2D eigenvalue weighted by Gasteiger charge is 2.18. The highest BCUT2D eigenvalue weighted by atomic mass is 16.2. The lowest BCUT2D eigenvalue weighted by Crippen LogP contribution is -2.53. The molecule has 1 heterocycles. The molecular weight excluding hydrogens is 192 g/mol. The van der Waals surface area contributed by atoms with Crippen LogP contribution < -0.4 is 10.9 Å². The predicted octanol–water partition coefficient (Wildman–Crippen LogP) is 0.248. The average molecular weight is 214 g/mol. The summed E-state index contributed by atoms with van der Waals surface area (Å²) in [5.41, 5.74) is 5.66. The molecule has 0 spiro atoms. The topological polar surface area (TPSA) is 47.6 Å². The van der Waals surface area contributed by atoms with Gasteiger partial charge in [-0.05, 0) is 13.5 Å². The number of nitrogens with zero attached hydrogens (tertiary/aromatic N) is 2. The van der Waals surface area contributed by atoms with Crippen LogP contribution in [0.25, 0.3) is 0 Å². The molecule has 0 aromatic heterocycles. The van der Waals surface area contributed by atoms with Gasteiger partial charge in [0.05, 0.1) is 0 Å². The second-order valence-corrected chi connectivity index (χ2v) is 4.00. The molecule has 0 aliphatic carbocycles. The zero-order valence-electron chi connectivity index (χ0n) is 9.75. The lowest BCUT2D eigenvalue weighted by atomic mass is 10.3. The summed E-state index contributed by atoms with van der Waals surface area (Å²) in [7, 11) is 2.08. The molecule has 1 aliphatic heterocycles. The van der Waals surface area contributed by atoms with Crippen molar-refractivity contribution in [3.8, 4) is 0 Å². The third kappa shape index (κ3) is 4.48. The van der Waals surface area contributed by atoms with Crippen molar-refractivity contribution in [3.63, 3.8) is 0 Å². The maximum atomic E-state index is 11.6. The Labute approximate surface area is 91.8 Å². The van der Waals surface area contributed by atoms with Gasteiger partial charge >= 0.3 is 6.03 Å². The summed E-state index contributed by atoms with van der Waals surface area (Å²) in [6, 6.07) is -0.000738. The molecule has 2 N–H and O–H groups in total. The number of urea groups is 1. The molecule has 1 rings (SSSR count). The van der Waals surface area contributed by atoms with E-state index in [0.717, 1.165) is 45.6 Å². The average Bonchev–Trinajstić information content (AvgIpc) is 2.25. The van der Waals surface area contributed by atoms with E-state index in [2.05, 4.69) is 29.7 Å². The monoisotopic (exact) mass is 214 g/mol. The molecule has 0 saturated carbocycles. The number of unbranched alkanes of at least 4 members (excludes halogenated alkanes) is 1. The van der Waals surface area contributed by atoms with E-state index < -0.39 is 0 Å². The van der Waals surface area contributed by atoms with Crippen LogP contribution in [0, 0.1) is 0 Å². The van der Waals surface area contributed by atoms with Crippen LogP contribution in [0.5, 0.6) is 0 Å². The van der Waals surface area contributed by atoms with Crippen molar-refractivity contribution in [1.29, 1.82) is 0 Å². The zero-order valence-corrected chi connectivity index (χ0v) is 9.75. The summed E-state index contributed by atoms with van der Waals surface area (Å²) in [6.45, 7) is 6.53. The molecule has 1 fully saturated rings. The number of rotatable bonds is 4. The maximum Gasteiger partial charge on any atom is 0.331 e. The third-order valence-electron chi connectivity index (χ3n) is 2.64. The van der Waals surface area contributed by atoms with E-state index in [1.54, 1.807) is 0 Å². The van der Waals surface area contributed by atoms with Crippen molar-refractivity contribution in [2.24, 2.45) is 0 Å². The van der Waals surface area contributed by atoms with Gasteiger partial charge in [-0.1, -0.05) is 13.3 Å². The minimum absolute atomic E-state index is 0.000738. The van der Waals surface area contributed by atoms with Crippen LogP contribution in [-0.4, -0.2) is 55.6 Å². The Bertz CT molecular complexity index is 190. The Morgan fingerprint density at radius 3 is 2.53 bits per heavy atom. The van der Waals surface area contributed by atoms with E-state index >= 15 is 0 Å². The van der Waals surface area contributed by atoms with Gasteiger partial charge in [-0.15, -0.1) is 0 Å². The highest BCUT2D eigenvalue weighted by Crippen LogP contribution is 1.98. The summed E-state index contributed by atoms with van der Waals surface area (Å²) in [5, 5.41) is 0. The number of piperazine rings is 1. The quantitative estimate of drug-likeness (QED) is 0.521. The van der Waals surface area contributed by atoms with Crippen LogP contribution in [0.1, 0.15) is 19.8 Å². The molecule has 0 unspecified atom stereocenters. The number of carbonyl (C=O) groups excluding carboxylic acids is 1. The summed E-state index contributed by atoms with van der Waals surface area (Å²) >= 11 is 0. The first-order valence-corrected chi connectivity index (χ1v) is 5.70. The number of carbonyl (C=O) groups is 1. The Morgan fingerprint density at radius 2 is 1.93 bits per heavy atom. The standard InChI is InChI=1S/C10H22N4O/c1-3-4-5-11-12-10(15)14-8-6-13(2)7-9-14/h11H,3-9H2,1-2H3,(H,12,15). The fourth-order valence-corrected chi connectivity index (χ4v) is 1.49. The fraction of sp³-hybridized carbons (Fsp3) is 0.900. The molecule has 2 amide bonds. The minimum Gasteiger partial charge on any atom is -0.321 e. The van der Waals surface area contributed by atoms with E-state index in [9.17, 15) is 4.79 Å². The van der Waals surface area contributed by atoms with E-state index in [4.69, 9.17) is 0 Å². The van der Waals surface area contributed by atoms with E-state index in [1.807, 2.05) is 4.90 Å². The second kappa shape index (κ2) is 6.63. The van der Waals surface area contributed by atoms with Crippen LogP contribution in [0.3, 0.4) is 0 Å². The Hall–Kier alpha value is -0.810.